The largest absolute Gasteiger partial charge is 0.0911 e. The molecule has 1 unspecified atom stereocenters. The average Bonchev–Trinajstić information content (AvgIpc) is 2.28. The molecule has 0 N–H and O–H groups in total. The standard InChI is InChI=1S/C12H22/c1-5-7-12(6-2)9-10(3)8-11(12)4/h5,7,10-11H,6,8-9H2,1-4H3/b7-5+/t10-,11-,12?/m0/s1. The maximum atomic E-state index is 2.45. The second-order valence-electron chi connectivity index (χ2n) is 4.53. The van der Waals surface area contributed by atoms with Gasteiger partial charge in [0.25, 0.3) is 0 Å². The summed E-state index contributed by atoms with van der Waals surface area (Å²) in [6.07, 6.45) is 8.80. The van der Waals surface area contributed by atoms with Gasteiger partial charge in [0, 0.05) is 0 Å². The first-order valence-electron chi connectivity index (χ1n) is 5.28. The molecule has 0 spiro atoms. The fraction of sp³-hybridized carbons (Fsp3) is 0.833. The van der Waals surface area contributed by atoms with Crippen LogP contribution in [0.2, 0.25) is 0 Å². The number of hydrogen-bond acceptors (Lipinski definition) is 0. The molecule has 0 aliphatic heterocycles. The van der Waals surface area contributed by atoms with Gasteiger partial charge in [0.2, 0.25) is 0 Å². The summed E-state index contributed by atoms with van der Waals surface area (Å²) in [5, 5.41) is 0. The van der Waals surface area contributed by atoms with E-state index >= 15 is 0 Å². The van der Waals surface area contributed by atoms with Crippen LogP contribution < -0.4 is 0 Å². The Bertz CT molecular complexity index is 169. The van der Waals surface area contributed by atoms with E-state index in [1.54, 1.807) is 0 Å². The van der Waals surface area contributed by atoms with Crippen molar-refractivity contribution < 1.29 is 0 Å². The summed E-state index contributed by atoms with van der Waals surface area (Å²) in [7, 11) is 0. The quantitative estimate of drug-likeness (QED) is 0.543. The van der Waals surface area contributed by atoms with Crippen molar-refractivity contribution in [3.63, 3.8) is 0 Å². The van der Waals surface area contributed by atoms with Gasteiger partial charge in [-0.05, 0) is 43.4 Å². The van der Waals surface area contributed by atoms with Crippen LogP contribution in [0, 0.1) is 17.3 Å². The molecule has 0 heterocycles. The molecular weight excluding hydrogens is 144 g/mol. The maximum Gasteiger partial charge on any atom is -0.00927 e. The summed E-state index contributed by atoms with van der Waals surface area (Å²) < 4.78 is 0. The van der Waals surface area contributed by atoms with E-state index < -0.39 is 0 Å². The molecule has 1 rings (SSSR count). The Balaban J connectivity index is 2.78. The first-order chi connectivity index (χ1) is 5.64. The summed E-state index contributed by atoms with van der Waals surface area (Å²) in [6.45, 7) is 9.27. The highest BCUT2D eigenvalue weighted by atomic mass is 14.4. The minimum Gasteiger partial charge on any atom is -0.0911 e. The van der Waals surface area contributed by atoms with Crippen molar-refractivity contribution in [2.24, 2.45) is 17.3 Å². The third-order valence-corrected chi connectivity index (χ3v) is 3.62. The molecule has 0 aromatic heterocycles. The topological polar surface area (TPSA) is 0 Å². The van der Waals surface area contributed by atoms with Crippen molar-refractivity contribution in [1.82, 2.24) is 0 Å². The lowest BCUT2D eigenvalue weighted by atomic mass is 9.76. The molecular formula is C12H22. The van der Waals surface area contributed by atoms with Crippen molar-refractivity contribution in [2.45, 2.75) is 47.0 Å². The molecule has 70 valence electrons. The molecule has 1 fully saturated rings. The van der Waals surface area contributed by atoms with E-state index in [4.69, 9.17) is 0 Å². The lowest BCUT2D eigenvalue weighted by molar-refractivity contribution is 0.282. The van der Waals surface area contributed by atoms with Crippen LogP contribution in [0.15, 0.2) is 12.2 Å². The molecule has 0 saturated heterocycles. The van der Waals surface area contributed by atoms with Crippen LogP contribution in [0.3, 0.4) is 0 Å². The zero-order valence-corrected chi connectivity index (χ0v) is 8.93. The Kier molecular flexibility index (Phi) is 2.98. The first-order valence-corrected chi connectivity index (χ1v) is 5.28. The van der Waals surface area contributed by atoms with Gasteiger partial charge in [-0.15, -0.1) is 0 Å². The average molecular weight is 166 g/mol. The summed E-state index contributed by atoms with van der Waals surface area (Å²) in [6, 6.07) is 0. The van der Waals surface area contributed by atoms with Crippen molar-refractivity contribution in [3.8, 4) is 0 Å². The van der Waals surface area contributed by atoms with Crippen LogP contribution in [0.1, 0.15) is 47.0 Å². The van der Waals surface area contributed by atoms with E-state index in [1.165, 1.54) is 19.3 Å². The molecule has 0 aromatic carbocycles. The number of hydrogen-bond donors (Lipinski definition) is 0. The highest BCUT2D eigenvalue weighted by Crippen LogP contribution is 2.49. The zero-order valence-electron chi connectivity index (χ0n) is 8.93. The predicted molar refractivity (Wildman–Crippen MR) is 55.1 cm³/mol. The third-order valence-electron chi connectivity index (χ3n) is 3.62. The van der Waals surface area contributed by atoms with E-state index in [1.807, 2.05) is 0 Å². The van der Waals surface area contributed by atoms with Gasteiger partial charge in [-0.3, -0.25) is 0 Å². The summed E-state index contributed by atoms with van der Waals surface area (Å²) in [5.74, 6) is 1.81. The van der Waals surface area contributed by atoms with Gasteiger partial charge < -0.3 is 0 Å². The highest BCUT2D eigenvalue weighted by molar-refractivity contribution is 5.05. The lowest BCUT2D eigenvalue weighted by Crippen LogP contribution is -2.19. The van der Waals surface area contributed by atoms with Crippen LogP contribution in [-0.4, -0.2) is 0 Å². The van der Waals surface area contributed by atoms with Crippen LogP contribution >= 0.6 is 0 Å². The molecule has 0 amide bonds. The maximum absolute atomic E-state index is 2.45. The molecule has 1 saturated carbocycles. The first kappa shape index (κ1) is 9.83. The van der Waals surface area contributed by atoms with Gasteiger partial charge in [0.1, 0.15) is 0 Å². The van der Waals surface area contributed by atoms with Gasteiger partial charge in [0.15, 0.2) is 0 Å². The monoisotopic (exact) mass is 166 g/mol. The molecule has 12 heavy (non-hydrogen) atoms. The minimum atomic E-state index is 0.536. The Morgan fingerprint density at radius 2 is 2.08 bits per heavy atom. The summed E-state index contributed by atoms with van der Waals surface area (Å²) in [4.78, 5) is 0. The van der Waals surface area contributed by atoms with E-state index in [9.17, 15) is 0 Å². The van der Waals surface area contributed by atoms with Crippen LogP contribution in [0.4, 0.5) is 0 Å². The van der Waals surface area contributed by atoms with E-state index in [0.717, 1.165) is 11.8 Å². The molecule has 3 atom stereocenters. The SMILES string of the molecule is C/C=C/C1(CC)C[C@@H](C)C[C@@H]1C. The van der Waals surface area contributed by atoms with Crippen molar-refractivity contribution in [3.05, 3.63) is 12.2 Å². The normalized spacial score (nSPS) is 42.7. The molecule has 1 aliphatic carbocycles. The van der Waals surface area contributed by atoms with Gasteiger partial charge in [-0.2, -0.15) is 0 Å². The number of allylic oxidation sites excluding steroid dienone is 2. The van der Waals surface area contributed by atoms with Crippen LogP contribution in [0.5, 0.6) is 0 Å². The number of rotatable bonds is 2. The molecule has 0 heteroatoms. The summed E-state index contributed by atoms with van der Waals surface area (Å²) in [5.41, 5.74) is 0.536. The van der Waals surface area contributed by atoms with E-state index in [0.29, 0.717) is 5.41 Å². The molecule has 1 aliphatic rings. The van der Waals surface area contributed by atoms with Gasteiger partial charge in [-0.1, -0.05) is 32.9 Å². The molecule has 0 aromatic rings. The summed E-state index contributed by atoms with van der Waals surface area (Å²) >= 11 is 0. The van der Waals surface area contributed by atoms with Crippen LogP contribution in [-0.2, 0) is 0 Å². The second-order valence-corrected chi connectivity index (χ2v) is 4.53. The van der Waals surface area contributed by atoms with E-state index in [-0.39, 0.29) is 0 Å². The fourth-order valence-electron chi connectivity index (χ4n) is 2.95. The predicted octanol–water partition coefficient (Wildman–Crippen LogP) is 4.02. The zero-order chi connectivity index (χ0) is 9.19. The van der Waals surface area contributed by atoms with Gasteiger partial charge in [0.05, 0.1) is 0 Å². The lowest BCUT2D eigenvalue weighted by Gasteiger charge is -2.29. The Hall–Kier alpha value is -0.260. The van der Waals surface area contributed by atoms with Crippen molar-refractivity contribution in [1.29, 1.82) is 0 Å². The Labute approximate surface area is 77.1 Å². The van der Waals surface area contributed by atoms with E-state index in [2.05, 4.69) is 39.8 Å². The molecule has 0 bridgehead atoms. The smallest absolute Gasteiger partial charge is 0.00927 e. The van der Waals surface area contributed by atoms with Crippen molar-refractivity contribution in [2.75, 3.05) is 0 Å². The van der Waals surface area contributed by atoms with Crippen molar-refractivity contribution >= 4 is 0 Å². The van der Waals surface area contributed by atoms with Crippen LogP contribution in [0.25, 0.3) is 0 Å². The van der Waals surface area contributed by atoms with Gasteiger partial charge >= 0.3 is 0 Å². The molecule has 0 radical (unpaired) electrons. The van der Waals surface area contributed by atoms with Gasteiger partial charge in [-0.25, -0.2) is 0 Å². The third kappa shape index (κ3) is 1.57. The minimum absolute atomic E-state index is 0.536. The second kappa shape index (κ2) is 3.64. The molecule has 0 nitrogen and oxygen atoms in total. The Morgan fingerprint density at radius 3 is 2.42 bits per heavy atom. The highest BCUT2D eigenvalue weighted by Gasteiger charge is 2.39. The fourth-order valence-corrected chi connectivity index (χ4v) is 2.95. The Morgan fingerprint density at radius 1 is 1.42 bits per heavy atom.